The van der Waals surface area contributed by atoms with E-state index in [2.05, 4.69) is 10.3 Å². The highest BCUT2D eigenvalue weighted by molar-refractivity contribution is 5.98. The highest BCUT2D eigenvalue weighted by atomic mass is 16.5. The van der Waals surface area contributed by atoms with Crippen molar-refractivity contribution in [2.45, 2.75) is 19.4 Å². The Morgan fingerprint density at radius 2 is 2.00 bits per heavy atom. The van der Waals surface area contributed by atoms with Crippen LogP contribution in [-0.4, -0.2) is 22.7 Å². The molecule has 24 heavy (non-hydrogen) atoms. The van der Waals surface area contributed by atoms with Gasteiger partial charge in [-0.25, -0.2) is 0 Å². The van der Waals surface area contributed by atoms with Crippen LogP contribution in [-0.2, 0) is 4.79 Å². The number of ether oxygens (including phenoxy) is 1. The molecular weight excluding hydrogens is 304 g/mol. The molecule has 1 aliphatic carbocycles. The normalized spacial score (nSPS) is 19.8. The van der Waals surface area contributed by atoms with Gasteiger partial charge in [-0.05, 0) is 24.6 Å². The first-order valence-electron chi connectivity index (χ1n) is 7.83. The lowest BCUT2D eigenvalue weighted by Gasteiger charge is -2.21. The first-order chi connectivity index (χ1) is 11.6. The summed E-state index contributed by atoms with van der Waals surface area (Å²) in [6.07, 6.45) is 5.80. The van der Waals surface area contributed by atoms with Crippen molar-refractivity contribution in [3.63, 3.8) is 0 Å². The average molecular weight is 322 g/mol. The maximum Gasteiger partial charge on any atom is 0.270 e. The third-order valence-electron chi connectivity index (χ3n) is 3.84. The van der Waals surface area contributed by atoms with Gasteiger partial charge in [0.1, 0.15) is 17.2 Å². The smallest absolute Gasteiger partial charge is 0.270 e. The van der Waals surface area contributed by atoms with Gasteiger partial charge in [0, 0.05) is 18.2 Å². The molecular formula is C19H18N2O3. The van der Waals surface area contributed by atoms with E-state index < -0.39 is 6.04 Å². The SMILES string of the molecule is CC1C=CCC(NC(=O)c2cc(Oc3ccccc3)ccn2)C1=O. The number of aromatic nitrogens is 1. The predicted octanol–water partition coefficient (Wildman–Crippen LogP) is 3.14. The van der Waals surface area contributed by atoms with Gasteiger partial charge in [-0.3, -0.25) is 14.6 Å². The molecule has 0 aliphatic heterocycles. The van der Waals surface area contributed by atoms with Crippen LogP contribution in [0.2, 0.25) is 0 Å². The van der Waals surface area contributed by atoms with Crippen LogP contribution in [0.1, 0.15) is 23.8 Å². The quantitative estimate of drug-likeness (QED) is 0.878. The summed E-state index contributed by atoms with van der Waals surface area (Å²) in [5.74, 6) is 0.655. The number of allylic oxidation sites excluding steroid dienone is 1. The number of hydrogen-bond acceptors (Lipinski definition) is 4. The topological polar surface area (TPSA) is 68.3 Å². The van der Waals surface area contributed by atoms with Crippen LogP contribution in [0.4, 0.5) is 0 Å². The van der Waals surface area contributed by atoms with Crippen LogP contribution >= 0.6 is 0 Å². The van der Waals surface area contributed by atoms with E-state index in [-0.39, 0.29) is 23.3 Å². The highest BCUT2D eigenvalue weighted by Crippen LogP contribution is 2.21. The fraction of sp³-hybridized carbons (Fsp3) is 0.211. The molecule has 1 N–H and O–H groups in total. The molecule has 1 aromatic carbocycles. The molecule has 2 atom stereocenters. The Balaban J connectivity index is 1.70. The van der Waals surface area contributed by atoms with Crippen molar-refractivity contribution in [3.05, 3.63) is 66.5 Å². The van der Waals surface area contributed by atoms with Crippen molar-refractivity contribution in [2.75, 3.05) is 0 Å². The Labute approximate surface area is 140 Å². The number of pyridine rings is 1. The Bertz CT molecular complexity index is 771. The number of carbonyl (C=O) groups excluding carboxylic acids is 2. The molecule has 1 heterocycles. The Hall–Kier alpha value is -2.95. The molecule has 0 radical (unpaired) electrons. The minimum Gasteiger partial charge on any atom is -0.457 e. The van der Waals surface area contributed by atoms with E-state index in [1.165, 1.54) is 6.20 Å². The number of Topliss-reactive ketones (excluding diaryl/α,β-unsaturated/α-hetero) is 1. The largest absolute Gasteiger partial charge is 0.457 e. The number of para-hydroxylation sites is 1. The molecule has 0 saturated heterocycles. The summed E-state index contributed by atoms with van der Waals surface area (Å²) in [6.45, 7) is 1.82. The summed E-state index contributed by atoms with van der Waals surface area (Å²) >= 11 is 0. The Morgan fingerprint density at radius 1 is 1.21 bits per heavy atom. The van der Waals surface area contributed by atoms with E-state index in [9.17, 15) is 9.59 Å². The first kappa shape index (κ1) is 15.9. The maximum atomic E-state index is 12.4. The first-order valence-corrected chi connectivity index (χ1v) is 7.83. The highest BCUT2D eigenvalue weighted by Gasteiger charge is 2.26. The van der Waals surface area contributed by atoms with Crippen LogP contribution < -0.4 is 10.1 Å². The Morgan fingerprint density at radius 3 is 2.79 bits per heavy atom. The predicted molar refractivity (Wildman–Crippen MR) is 89.9 cm³/mol. The van der Waals surface area contributed by atoms with E-state index in [4.69, 9.17) is 4.74 Å². The zero-order valence-corrected chi connectivity index (χ0v) is 13.3. The standard InChI is InChI=1S/C19H18N2O3/c1-13-6-5-9-16(18(13)22)21-19(23)17-12-15(10-11-20-17)24-14-7-3-2-4-8-14/h2-8,10-13,16H,9H2,1H3,(H,21,23). The lowest BCUT2D eigenvalue weighted by atomic mass is 9.91. The summed E-state index contributed by atoms with van der Waals surface area (Å²) in [7, 11) is 0. The number of benzene rings is 1. The molecule has 3 rings (SSSR count). The van der Waals surface area contributed by atoms with E-state index in [0.29, 0.717) is 17.9 Å². The van der Waals surface area contributed by atoms with Gasteiger partial charge in [0.25, 0.3) is 5.91 Å². The molecule has 0 fully saturated rings. The van der Waals surface area contributed by atoms with Gasteiger partial charge in [0.05, 0.1) is 6.04 Å². The molecule has 2 unspecified atom stereocenters. The van der Waals surface area contributed by atoms with Crippen LogP contribution in [0.25, 0.3) is 0 Å². The third kappa shape index (κ3) is 3.68. The maximum absolute atomic E-state index is 12.4. The van der Waals surface area contributed by atoms with Crippen molar-refractivity contribution in [2.24, 2.45) is 5.92 Å². The fourth-order valence-electron chi connectivity index (χ4n) is 2.53. The molecule has 0 bridgehead atoms. The number of amides is 1. The van der Waals surface area contributed by atoms with Gasteiger partial charge in [0.2, 0.25) is 0 Å². The number of rotatable bonds is 4. The molecule has 0 spiro atoms. The van der Waals surface area contributed by atoms with Crippen molar-refractivity contribution in [1.82, 2.24) is 10.3 Å². The molecule has 1 aromatic heterocycles. The van der Waals surface area contributed by atoms with Gasteiger partial charge < -0.3 is 10.1 Å². The van der Waals surface area contributed by atoms with Gasteiger partial charge >= 0.3 is 0 Å². The number of ketones is 1. The second kappa shape index (κ2) is 7.08. The zero-order chi connectivity index (χ0) is 16.9. The van der Waals surface area contributed by atoms with Gasteiger partial charge in [-0.2, -0.15) is 0 Å². The lowest BCUT2D eigenvalue weighted by Crippen LogP contribution is -2.44. The van der Waals surface area contributed by atoms with Gasteiger partial charge in [-0.15, -0.1) is 0 Å². The summed E-state index contributed by atoms with van der Waals surface area (Å²) in [6, 6.07) is 12.0. The second-order valence-corrected chi connectivity index (χ2v) is 5.67. The number of hydrogen-bond donors (Lipinski definition) is 1. The van der Waals surface area contributed by atoms with Gasteiger partial charge in [-0.1, -0.05) is 37.3 Å². The summed E-state index contributed by atoms with van der Waals surface area (Å²) in [4.78, 5) is 28.5. The fourth-order valence-corrected chi connectivity index (χ4v) is 2.53. The van der Waals surface area contributed by atoms with Crippen LogP contribution in [0.3, 0.4) is 0 Å². The van der Waals surface area contributed by atoms with E-state index in [1.54, 1.807) is 12.1 Å². The summed E-state index contributed by atoms with van der Waals surface area (Å²) in [5.41, 5.74) is 0.221. The molecule has 1 aliphatic rings. The molecule has 5 heteroatoms. The van der Waals surface area contributed by atoms with Gasteiger partial charge in [0.15, 0.2) is 5.78 Å². The number of carbonyl (C=O) groups is 2. The van der Waals surface area contributed by atoms with E-state index >= 15 is 0 Å². The molecule has 0 saturated carbocycles. The third-order valence-corrected chi connectivity index (χ3v) is 3.84. The molecule has 5 nitrogen and oxygen atoms in total. The van der Waals surface area contributed by atoms with Crippen molar-refractivity contribution in [3.8, 4) is 11.5 Å². The molecule has 1 amide bonds. The lowest BCUT2D eigenvalue weighted by molar-refractivity contribution is -0.123. The summed E-state index contributed by atoms with van der Waals surface area (Å²) in [5, 5.41) is 2.75. The van der Waals surface area contributed by atoms with Crippen molar-refractivity contribution in [1.29, 1.82) is 0 Å². The minimum atomic E-state index is -0.502. The summed E-state index contributed by atoms with van der Waals surface area (Å²) < 4.78 is 5.70. The number of nitrogens with zero attached hydrogens (tertiary/aromatic N) is 1. The van der Waals surface area contributed by atoms with E-state index in [0.717, 1.165) is 0 Å². The van der Waals surface area contributed by atoms with Crippen LogP contribution in [0.15, 0.2) is 60.8 Å². The number of nitrogens with one attached hydrogen (secondary N) is 1. The van der Waals surface area contributed by atoms with E-state index in [1.807, 2.05) is 49.4 Å². The zero-order valence-electron chi connectivity index (χ0n) is 13.3. The second-order valence-electron chi connectivity index (χ2n) is 5.67. The average Bonchev–Trinajstić information content (AvgIpc) is 2.60. The minimum absolute atomic E-state index is 0.0162. The Kier molecular flexibility index (Phi) is 4.70. The van der Waals surface area contributed by atoms with Crippen LogP contribution in [0.5, 0.6) is 11.5 Å². The van der Waals surface area contributed by atoms with Crippen molar-refractivity contribution >= 4 is 11.7 Å². The molecule has 122 valence electrons. The monoisotopic (exact) mass is 322 g/mol. The molecule has 2 aromatic rings. The van der Waals surface area contributed by atoms with Crippen molar-refractivity contribution < 1.29 is 14.3 Å². The van der Waals surface area contributed by atoms with Crippen LogP contribution in [0, 0.1) is 5.92 Å².